The standard InChI is InChI=1S/C9H16N4O/c1-2-14-7-8-6-13(12-11-8)9-3-4-10-5-9/h6,9-10H,2-5,7H2,1H3. The number of nitrogens with zero attached hydrogens (tertiary/aromatic N) is 3. The van der Waals surface area contributed by atoms with Crippen molar-refractivity contribution in [3.05, 3.63) is 11.9 Å². The van der Waals surface area contributed by atoms with Gasteiger partial charge >= 0.3 is 0 Å². The van der Waals surface area contributed by atoms with Crippen LogP contribution in [0.1, 0.15) is 25.1 Å². The van der Waals surface area contributed by atoms with E-state index in [-0.39, 0.29) is 0 Å². The molecular weight excluding hydrogens is 180 g/mol. The Morgan fingerprint density at radius 1 is 1.71 bits per heavy atom. The first-order valence-electron chi connectivity index (χ1n) is 5.09. The lowest BCUT2D eigenvalue weighted by Crippen LogP contribution is -2.13. The summed E-state index contributed by atoms with van der Waals surface area (Å²) in [6.45, 7) is 5.34. The number of rotatable bonds is 4. The minimum Gasteiger partial charge on any atom is -0.375 e. The quantitative estimate of drug-likeness (QED) is 0.755. The summed E-state index contributed by atoms with van der Waals surface area (Å²) >= 11 is 0. The van der Waals surface area contributed by atoms with Crippen LogP contribution in [-0.4, -0.2) is 34.7 Å². The van der Waals surface area contributed by atoms with Gasteiger partial charge in [-0.15, -0.1) is 5.10 Å². The van der Waals surface area contributed by atoms with Crippen molar-refractivity contribution in [3.63, 3.8) is 0 Å². The second-order valence-electron chi connectivity index (χ2n) is 3.47. The lowest BCUT2D eigenvalue weighted by atomic mass is 10.3. The summed E-state index contributed by atoms with van der Waals surface area (Å²) in [7, 11) is 0. The molecule has 5 nitrogen and oxygen atoms in total. The van der Waals surface area contributed by atoms with Crippen molar-refractivity contribution < 1.29 is 4.74 Å². The fraction of sp³-hybridized carbons (Fsp3) is 0.778. The minimum atomic E-state index is 0.470. The number of ether oxygens (including phenoxy) is 1. The first-order chi connectivity index (χ1) is 6.90. The summed E-state index contributed by atoms with van der Waals surface area (Å²) < 4.78 is 7.20. The van der Waals surface area contributed by atoms with E-state index in [1.807, 2.05) is 17.8 Å². The van der Waals surface area contributed by atoms with Crippen LogP contribution in [0.25, 0.3) is 0 Å². The molecule has 0 saturated carbocycles. The van der Waals surface area contributed by atoms with E-state index in [1.54, 1.807) is 0 Å². The zero-order valence-electron chi connectivity index (χ0n) is 8.44. The van der Waals surface area contributed by atoms with Gasteiger partial charge in [0.1, 0.15) is 5.69 Å². The maximum Gasteiger partial charge on any atom is 0.108 e. The molecule has 0 aromatic carbocycles. The van der Waals surface area contributed by atoms with Gasteiger partial charge in [0, 0.05) is 13.2 Å². The lowest BCUT2D eigenvalue weighted by Gasteiger charge is -2.05. The fourth-order valence-corrected chi connectivity index (χ4v) is 1.63. The Morgan fingerprint density at radius 2 is 2.64 bits per heavy atom. The van der Waals surface area contributed by atoms with Gasteiger partial charge in [0.2, 0.25) is 0 Å². The van der Waals surface area contributed by atoms with E-state index in [2.05, 4.69) is 15.6 Å². The van der Waals surface area contributed by atoms with E-state index >= 15 is 0 Å². The van der Waals surface area contributed by atoms with Crippen LogP contribution < -0.4 is 5.32 Å². The Balaban J connectivity index is 1.94. The van der Waals surface area contributed by atoms with Crippen LogP contribution in [0.2, 0.25) is 0 Å². The Bertz CT molecular complexity index is 280. The van der Waals surface area contributed by atoms with Crippen LogP contribution in [0.3, 0.4) is 0 Å². The smallest absolute Gasteiger partial charge is 0.108 e. The van der Waals surface area contributed by atoms with Crippen LogP contribution in [0.4, 0.5) is 0 Å². The SMILES string of the molecule is CCOCc1cn(C2CCNC2)nn1. The van der Waals surface area contributed by atoms with Crippen molar-refractivity contribution in [2.75, 3.05) is 19.7 Å². The molecule has 1 unspecified atom stereocenters. The largest absolute Gasteiger partial charge is 0.375 e. The normalized spacial score (nSPS) is 21.6. The maximum atomic E-state index is 5.26. The van der Waals surface area contributed by atoms with Gasteiger partial charge in [-0.3, -0.25) is 0 Å². The van der Waals surface area contributed by atoms with Crippen molar-refractivity contribution in [2.45, 2.75) is 26.0 Å². The Hall–Kier alpha value is -0.940. The summed E-state index contributed by atoms with van der Waals surface area (Å²) in [6.07, 6.45) is 3.12. The maximum absolute atomic E-state index is 5.26. The van der Waals surface area contributed by atoms with E-state index in [4.69, 9.17) is 4.74 Å². The van der Waals surface area contributed by atoms with Gasteiger partial charge in [0.05, 0.1) is 18.8 Å². The zero-order valence-corrected chi connectivity index (χ0v) is 8.44. The van der Waals surface area contributed by atoms with E-state index in [0.29, 0.717) is 12.6 Å². The molecule has 78 valence electrons. The topological polar surface area (TPSA) is 52.0 Å². The molecule has 1 N–H and O–H groups in total. The van der Waals surface area contributed by atoms with E-state index in [1.165, 1.54) is 0 Å². The Morgan fingerprint density at radius 3 is 3.36 bits per heavy atom. The molecule has 1 aromatic rings. The Kier molecular flexibility index (Phi) is 3.10. The molecule has 1 aliphatic rings. The molecule has 0 aliphatic carbocycles. The molecule has 1 fully saturated rings. The predicted octanol–water partition coefficient (Wildman–Crippen LogP) is 0.349. The molecule has 0 amide bonds. The molecule has 5 heteroatoms. The van der Waals surface area contributed by atoms with Crippen LogP contribution >= 0.6 is 0 Å². The first-order valence-corrected chi connectivity index (χ1v) is 5.09. The molecule has 1 saturated heterocycles. The van der Waals surface area contributed by atoms with Crippen molar-refractivity contribution in [2.24, 2.45) is 0 Å². The summed E-state index contributed by atoms with van der Waals surface area (Å²) in [6, 6.07) is 0.470. The molecule has 1 aliphatic heterocycles. The van der Waals surface area contributed by atoms with Crippen molar-refractivity contribution in [3.8, 4) is 0 Å². The van der Waals surface area contributed by atoms with Crippen molar-refractivity contribution >= 4 is 0 Å². The summed E-state index contributed by atoms with van der Waals surface area (Å²) in [5.41, 5.74) is 0.916. The second-order valence-corrected chi connectivity index (χ2v) is 3.47. The second kappa shape index (κ2) is 4.52. The molecule has 2 heterocycles. The highest BCUT2D eigenvalue weighted by Crippen LogP contribution is 2.13. The van der Waals surface area contributed by atoms with Gasteiger partial charge in [-0.05, 0) is 19.9 Å². The van der Waals surface area contributed by atoms with E-state index < -0.39 is 0 Å². The third kappa shape index (κ3) is 2.10. The van der Waals surface area contributed by atoms with Gasteiger partial charge < -0.3 is 10.1 Å². The van der Waals surface area contributed by atoms with E-state index in [0.717, 1.165) is 31.8 Å². The average Bonchev–Trinajstić information content (AvgIpc) is 2.85. The molecule has 14 heavy (non-hydrogen) atoms. The highest BCUT2D eigenvalue weighted by Gasteiger charge is 2.17. The lowest BCUT2D eigenvalue weighted by molar-refractivity contribution is 0.131. The summed E-state index contributed by atoms with van der Waals surface area (Å²) in [5, 5.41) is 11.5. The van der Waals surface area contributed by atoms with Gasteiger partial charge in [-0.25, -0.2) is 4.68 Å². The molecule has 0 bridgehead atoms. The van der Waals surface area contributed by atoms with Crippen molar-refractivity contribution in [1.29, 1.82) is 0 Å². The fourth-order valence-electron chi connectivity index (χ4n) is 1.63. The first kappa shape index (κ1) is 9.61. The molecular formula is C9H16N4O. The van der Waals surface area contributed by atoms with Gasteiger partial charge in [0.25, 0.3) is 0 Å². The number of nitrogens with one attached hydrogen (secondary N) is 1. The third-order valence-corrected chi connectivity index (χ3v) is 2.42. The predicted molar refractivity (Wildman–Crippen MR) is 51.9 cm³/mol. The minimum absolute atomic E-state index is 0.470. The molecule has 0 radical (unpaired) electrons. The zero-order chi connectivity index (χ0) is 9.80. The molecule has 1 aromatic heterocycles. The van der Waals surface area contributed by atoms with Gasteiger partial charge in [-0.1, -0.05) is 5.21 Å². The van der Waals surface area contributed by atoms with Crippen LogP contribution in [0, 0.1) is 0 Å². The average molecular weight is 196 g/mol. The third-order valence-electron chi connectivity index (χ3n) is 2.42. The Labute approximate surface area is 83.4 Å². The van der Waals surface area contributed by atoms with E-state index in [9.17, 15) is 0 Å². The number of hydrogen-bond donors (Lipinski definition) is 1. The van der Waals surface area contributed by atoms with Crippen LogP contribution in [0.15, 0.2) is 6.20 Å². The van der Waals surface area contributed by atoms with Crippen molar-refractivity contribution in [1.82, 2.24) is 20.3 Å². The number of aromatic nitrogens is 3. The molecule has 2 rings (SSSR count). The van der Waals surface area contributed by atoms with Crippen LogP contribution in [0.5, 0.6) is 0 Å². The highest BCUT2D eigenvalue weighted by molar-refractivity contribution is 4.92. The highest BCUT2D eigenvalue weighted by atomic mass is 16.5. The van der Waals surface area contributed by atoms with Crippen LogP contribution in [-0.2, 0) is 11.3 Å². The summed E-state index contributed by atoms with van der Waals surface area (Å²) in [5.74, 6) is 0. The van der Waals surface area contributed by atoms with Gasteiger partial charge in [0.15, 0.2) is 0 Å². The molecule has 0 spiro atoms. The summed E-state index contributed by atoms with van der Waals surface area (Å²) in [4.78, 5) is 0. The number of hydrogen-bond acceptors (Lipinski definition) is 4. The van der Waals surface area contributed by atoms with Gasteiger partial charge in [-0.2, -0.15) is 0 Å². The monoisotopic (exact) mass is 196 g/mol. The molecule has 1 atom stereocenters.